The van der Waals surface area contributed by atoms with Crippen LogP contribution < -0.4 is 5.32 Å². The summed E-state index contributed by atoms with van der Waals surface area (Å²) in [5.74, 6) is 0.0245. The van der Waals surface area contributed by atoms with E-state index in [9.17, 15) is 4.79 Å². The number of halogens is 2. The molecule has 2 nitrogen and oxygen atoms in total. The third kappa shape index (κ3) is 2.60. The number of carbonyl (C=O) groups is 1. The van der Waals surface area contributed by atoms with Gasteiger partial charge < -0.3 is 5.32 Å². The maximum absolute atomic E-state index is 11.5. The summed E-state index contributed by atoms with van der Waals surface area (Å²) in [7, 11) is 0. The molecule has 0 aliphatic carbocycles. The number of amides is 1. The lowest BCUT2D eigenvalue weighted by atomic mass is 9.95. The van der Waals surface area contributed by atoms with Crippen molar-refractivity contribution >= 4 is 39.1 Å². The first kappa shape index (κ1) is 14.6. The summed E-state index contributed by atoms with van der Waals surface area (Å²) in [4.78, 5) is 11.5. The Morgan fingerprint density at radius 2 is 1.90 bits per heavy atom. The van der Waals surface area contributed by atoms with Crippen molar-refractivity contribution in [3.05, 3.63) is 63.2 Å². The highest BCUT2D eigenvalue weighted by molar-refractivity contribution is 9.09. The van der Waals surface area contributed by atoms with Gasteiger partial charge in [-0.3, -0.25) is 4.79 Å². The number of carbonyl (C=O) groups excluding carboxylic acids is 1. The van der Waals surface area contributed by atoms with Crippen LogP contribution in [-0.4, -0.2) is 5.91 Å². The monoisotopic (exact) mass is 363 g/mol. The molecule has 3 rings (SSSR count). The molecule has 0 spiro atoms. The van der Waals surface area contributed by atoms with Gasteiger partial charge in [0, 0.05) is 10.7 Å². The molecule has 2 aromatic rings. The van der Waals surface area contributed by atoms with E-state index in [1.54, 1.807) is 0 Å². The van der Waals surface area contributed by atoms with Crippen LogP contribution >= 0.6 is 27.5 Å². The maximum Gasteiger partial charge on any atom is 0.228 e. The molecular weight excluding hydrogens is 350 g/mol. The van der Waals surface area contributed by atoms with Gasteiger partial charge in [-0.25, -0.2) is 0 Å². The number of fused-ring (bicyclic) bond motifs is 1. The quantitative estimate of drug-likeness (QED) is 0.752. The van der Waals surface area contributed by atoms with E-state index in [-0.39, 0.29) is 10.7 Å². The van der Waals surface area contributed by atoms with Gasteiger partial charge in [-0.1, -0.05) is 51.8 Å². The summed E-state index contributed by atoms with van der Waals surface area (Å²) in [6.07, 6.45) is 0.423. The molecule has 1 heterocycles. The van der Waals surface area contributed by atoms with Crippen LogP contribution in [0.2, 0.25) is 5.02 Å². The molecule has 0 saturated carbocycles. The van der Waals surface area contributed by atoms with Crippen molar-refractivity contribution in [2.24, 2.45) is 0 Å². The Bertz CT molecular complexity index is 722. The Labute approximate surface area is 137 Å². The van der Waals surface area contributed by atoms with Gasteiger partial charge in [-0.05, 0) is 47.7 Å². The fraction of sp³-hybridized carbons (Fsp3) is 0.235. The van der Waals surface area contributed by atoms with Gasteiger partial charge in [-0.2, -0.15) is 0 Å². The van der Waals surface area contributed by atoms with Crippen molar-refractivity contribution in [3.8, 4) is 0 Å². The lowest BCUT2D eigenvalue weighted by Crippen LogP contribution is -2.03. The van der Waals surface area contributed by atoms with Gasteiger partial charge in [0.15, 0.2) is 0 Å². The second-order valence-corrected chi connectivity index (χ2v) is 6.75. The van der Waals surface area contributed by atoms with Crippen LogP contribution in [0, 0.1) is 13.8 Å². The molecule has 108 valence electrons. The standard InChI is InChI=1S/C17H15BrClNO/c1-9-4-3-5-10(2)16(9)17(18)12-6-11-7-15(21)20-14(11)8-13(12)19/h3-6,8,17H,7H2,1-2H3,(H,20,21). The average Bonchev–Trinajstić information content (AvgIpc) is 2.76. The number of rotatable bonds is 2. The fourth-order valence-corrected chi connectivity index (χ4v) is 4.35. The lowest BCUT2D eigenvalue weighted by Gasteiger charge is -2.18. The number of alkyl halides is 1. The first-order valence-corrected chi connectivity index (χ1v) is 8.09. The maximum atomic E-state index is 11.5. The summed E-state index contributed by atoms with van der Waals surface area (Å²) in [5.41, 5.74) is 6.52. The minimum Gasteiger partial charge on any atom is -0.325 e. The zero-order chi connectivity index (χ0) is 15.1. The number of anilines is 1. The van der Waals surface area contributed by atoms with E-state index in [0.717, 1.165) is 16.8 Å². The van der Waals surface area contributed by atoms with Gasteiger partial charge in [0.2, 0.25) is 5.91 Å². The molecule has 1 aliphatic rings. The summed E-state index contributed by atoms with van der Waals surface area (Å²) in [6, 6.07) is 10.1. The Morgan fingerprint density at radius 1 is 1.24 bits per heavy atom. The molecule has 0 bridgehead atoms. The van der Waals surface area contributed by atoms with Gasteiger partial charge in [-0.15, -0.1) is 0 Å². The van der Waals surface area contributed by atoms with Crippen LogP contribution in [0.3, 0.4) is 0 Å². The van der Waals surface area contributed by atoms with Crippen molar-refractivity contribution in [2.75, 3.05) is 5.32 Å². The normalized spacial score (nSPS) is 14.8. The van der Waals surface area contributed by atoms with Crippen molar-refractivity contribution in [2.45, 2.75) is 25.1 Å². The third-order valence-electron chi connectivity index (χ3n) is 3.92. The van der Waals surface area contributed by atoms with Crippen LogP contribution in [0.25, 0.3) is 0 Å². The zero-order valence-corrected chi connectivity index (χ0v) is 14.2. The second-order valence-electron chi connectivity index (χ2n) is 5.42. The summed E-state index contributed by atoms with van der Waals surface area (Å²) in [5, 5.41) is 3.50. The molecule has 1 amide bonds. The molecule has 0 fully saturated rings. The molecule has 0 saturated heterocycles. The first-order chi connectivity index (χ1) is 9.97. The van der Waals surface area contributed by atoms with E-state index in [0.29, 0.717) is 11.4 Å². The van der Waals surface area contributed by atoms with Gasteiger partial charge >= 0.3 is 0 Å². The predicted octanol–water partition coefficient (Wildman–Crippen LogP) is 4.94. The number of hydrogen-bond acceptors (Lipinski definition) is 1. The minimum atomic E-state index is 0.0206. The highest BCUT2D eigenvalue weighted by Crippen LogP contribution is 2.41. The molecule has 1 unspecified atom stereocenters. The smallest absolute Gasteiger partial charge is 0.228 e. The number of hydrogen-bond donors (Lipinski definition) is 1. The molecule has 1 atom stereocenters. The minimum absolute atomic E-state index is 0.0206. The number of aryl methyl sites for hydroxylation is 2. The fourth-order valence-electron chi connectivity index (χ4n) is 2.84. The van der Waals surface area contributed by atoms with Crippen LogP contribution in [0.5, 0.6) is 0 Å². The Hall–Kier alpha value is -1.32. The topological polar surface area (TPSA) is 29.1 Å². The lowest BCUT2D eigenvalue weighted by molar-refractivity contribution is -0.115. The molecular formula is C17H15BrClNO. The van der Waals surface area contributed by atoms with E-state index >= 15 is 0 Å². The third-order valence-corrected chi connectivity index (χ3v) is 5.19. The first-order valence-electron chi connectivity index (χ1n) is 6.79. The van der Waals surface area contributed by atoms with Crippen molar-refractivity contribution in [1.82, 2.24) is 0 Å². The van der Waals surface area contributed by atoms with Crippen molar-refractivity contribution in [1.29, 1.82) is 0 Å². The zero-order valence-electron chi connectivity index (χ0n) is 11.8. The Morgan fingerprint density at radius 3 is 2.57 bits per heavy atom. The average molecular weight is 365 g/mol. The highest BCUT2D eigenvalue weighted by atomic mass is 79.9. The molecule has 1 aliphatic heterocycles. The number of nitrogens with one attached hydrogen (secondary N) is 1. The van der Waals surface area contributed by atoms with Crippen LogP contribution in [-0.2, 0) is 11.2 Å². The SMILES string of the molecule is Cc1cccc(C)c1C(Br)c1cc2c(cc1Cl)NC(=O)C2. The largest absolute Gasteiger partial charge is 0.325 e. The molecule has 1 N–H and O–H groups in total. The Kier molecular flexibility index (Phi) is 3.80. The van der Waals surface area contributed by atoms with Gasteiger partial charge in [0.1, 0.15) is 0 Å². The summed E-state index contributed by atoms with van der Waals surface area (Å²) >= 11 is 10.2. The Balaban J connectivity index is 2.09. The van der Waals surface area contributed by atoms with Crippen LogP contribution in [0.1, 0.15) is 32.6 Å². The van der Waals surface area contributed by atoms with Crippen molar-refractivity contribution < 1.29 is 4.79 Å². The predicted molar refractivity (Wildman–Crippen MR) is 90.5 cm³/mol. The van der Waals surface area contributed by atoms with E-state index in [1.807, 2.05) is 12.1 Å². The van der Waals surface area contributed by atoms with Gasteiger partial charge in [0.25, 0.3) is 0 Å². The number of benzene rings is 2. The molecule has 0 radical (unpaired) electrons. The molecule has 0 aromatic heterocycles. The second kappa shape index (κ2) is 5.47. The molecule has 4 heteroatoms. The molecule has 2 aromatic carbocycles. The van der Waals surface area contributed by atoms with E-state index in [2.05, 4.69) is 53.3 Å². The van der Waals surface area contributed by atoms with Crippen LogP contribution in [0.4, 0.5) is 5.69 Å². The van der Waals surface area contributed by atoms with E-state index in [4.69, 9.17) is 11.6 Å². The van der Waals surface area contributed by atoms with E-state index in [1.165, 1.54) is 16.7 Å². The van der Waals surface area contributed by atoms with Gasteiger partial charge in [0.05, 0.1) is 11.2 Å². The summed E-state index contributed by atoms with van der Waals surface area (Å²) in [6.45, 7) is 4.20. The molecule has 21 heavy (non-hydrogen) atoms. The van der Waals surface area contributed by atoms with Crippen molar-refractivity contribution in [3.63, 3.8) is 0 Å². The summed E-state index contributed by atoms with van der Waals surface area (Å²) < 4.78 is 0. The van der Waals surface area contributed by atoms with Crippen LogP contribution in [0.15, 0.2) is 30.3 Å². The highest BCUT2D eigenvalue weighted by Gasteiger charge is 2.23. The van der Waals surface area contributed by atoms with E-state index < -0.39 is 0 Å².